The van der Waals surface area contributed by atoms with E-state index in [0.717, 1.165) is 64.7 Å². The lowest BCUT2D eigenvalue weighted by molar-refractivity contribution is -0.181. The highest BCUT2D eigenvalue weighted by atomic mass is 16.5. The molecule has 4 heteroatoms. The minimum atomic E-state index is 0.295. The number of ether oxygens (including phenoxy) is 4. The summed E-state index contributed by atoms with van der Waals surface area (Å²) in [4.78, 5) is 0. The number of rotatable bonds is 10. The zero-order valence-electron chi connectivity index (χ0n) is 18.1. The van der Waals surface area contributed by atoms with Gasteiger partial charge in [-0.3, -0.25) is 0 Å². The van der Waals surface area contributed by atoms with Gasteiger partial charge in [-0.2, -0.15) is 0 Å². The average molecular weight is 393 g/mol. The lowest BCUT2D eigenvalue weighted by Gasteiger charge is -2.49. The molecule has 0 radical (unpaired) electrons. The van der Waals surface area contributed by atoms with Crippen molar-refractivity contribution in [3.05, 3.63) is 0 Å². The van der Waals surface area contributed by atoms with Crippen molar-refractivity contribution in [1.82, 2.24) is 0 Å². The highest BCUT2D eigenvalue weighted by Crippen LogP contribution is 2.72. The van der Waals surface area contributed by atoms with E-state index < -0.39 is 0 Å². The number of hydrogen-bond acceptors (Lipinski definition) is 4. The Balaban J connectivity index is 1.25. The Morgan fingerprint density at radius 2 is 1.43 bits per heavy atom. The van der Waals surface area contributed by atoms with Crippen LogP contribution < -0.4 is 0 Å². The minimum absolute atomic E-state index is 0.295. The molecule has 4 atom stereocenters. The molecule has 3 saturated carbocycles. The van der Waals surface area contributed by atoms with Crippen molar-refractivity contribution >= 4 is 0 Å². The second kappa shape index (κ2) is 7.21. The van der Waals surface area contributed by atoms with Gasteiger partial charge in [0.05, 0.1) is 52.9 Å². The van der Waals surface area contributed by atoms with Crippen molar-refractivity contribution < 1.29 is 18.9 Å². The zero-order valence-corrected chi connectivity index (χ0v) is 18.1. The number of fused-ring (bicyclic) bond motifs is 5. The zero-order chi connectivity index (χ0) is 19.3. The van der Waals surface area contributed by atoms with Crippen LogP contribution >= 0.6 is 0 Å². The van der Waals surface area contributed by atoms with Crippen LogP contribution in [-0.4, -0.2) is 52.9 Å². The van der Waals surface area contributed by atoms with Crippen LogP contribution in [0.2, 0.25) is 0 Å². The summed E-state index contributed by atoms with van der Waals surface area (Å²) >= 11 is 0. The van der Waals surface area contributed by atoms with Crippen LogP contribution in [0.1, 0.15) is 65.2 Å². The maximum absolute atomic E-state index is 6.54. The Bertz CT molecular complexity index is 558. The topological polar surface area (TPSA) is 36.9 Å². The third kappa shape index (κ3) is 2.85. The third-order valence-corrected chi connectivity index (χ3v) is 9.81. The van der Waals surface area contributed by atoms with Gasteiger partial charge >= 0.3 is 0 Å². The van der Waals surface area contributed by atoms with Crippen molar-refractivity contribution in [3.8, 4) is 0 Å². The van der Waals surface area contributed by atoms with E-state index >= 15 is 0 Å². The minimum Gasteiger partial charge on any atom is -0.380 e. The van der Waals surface area contributed by atoms with Crippen LogP contribution in [0.4, 0.5) is 0 Å². The summed E-state index contributed by atoms with van der Waals surface area (Å²) in [5.41, 5.74) is 1.34. The molecular formula is C24H40O4. The fourth-order valence-corrected chi connectivity index (χ4v) is 7.49. The van der Waals surface area contributed by atoms with E-state index in [-0.39, 0.29) is 0 Å². The Morgan fingerprint density at radius 1 is 0.786 bits per heavy atom. The van der Waals surface area contributed by atoms with Gasteiger partial charge in [0.1, 0.15) is 0 Å². The molecule has 0 aromatic carbocycles. The normalized spacial score (nSPS) is 42.2. The van der Waals surface area contributed by atoms with E-state index in [0.29, 0.717) is 21.7 Å². The summed E-state index contributed by atoms with van der Waals surface area (Å²) in [6.07, 6.45) is 10.7. The first kappa shape index (κ1) is 19.8. The van der Waals surface area contributed by atoms with Gasteiger partial charge in [-0.1, -0.05) is 20.3 Å². The second-order valence-corrected chi connectivity index (χ2v) is 11.1. The molecule has 2 bridgehead atoms. The summed E-state index contributed by atoms with van der Waals surface area (Å²) in [6, 6.07) is 0. The Hall–Kier alpha value is -0.160. The molecule has 3 aliphatic carbocycles. The first-order valence-electron chi connectivity index (χ1n) is 11.9. The predicted molar refractivity (Wildman–Crippen MR) is 108 cm³/mol. The molecule has 2 saturated heterocycles. The molecule has 160 valence electrons. The Labute approximate surface area is 171 Å². The fourth-order valence-electron chi connectivity index (χ4n) is 7.49. The maximum atomic E-state index is 6.54. The lowest BCUT2D eigenvalue weighted by atomic mass is 9.60. The highest BCUT2D eigenvalue weighted by Gasteiger charge is 2.68. The summed E-state index contributed by atoms with van der Waals surface area (Å²) in [5.74, 6) is 1.81. The van der Waals surface area contributed by atoms with Crippen molar-refractivity contribution in [2.45, 2.75) is 65.2 Å². The van der Waals surface area contributed by atoms with Gasteiger partial charge in [0, 0.05) is 21.7 Å². The van der Waals surface area contributed by atoms with E-state index in [2.05, 4.69) is 13.8 Å². The summed E-state index contributed by atoms with van der Waals surface area (Å²) in [7, 11) is 0. The van der Waals surface area contributed by atoms with Crippen LogP contribution in [-0.2, 0) is 18.9 Å². The molecule has 5 aliphatic rings. The molecule has 2 heterocycles. The molecule has 0 aromatic rings. The summed E-state index contributed by atoms with van der Waals surface area (Å²) < 4.78 is 24.1. The molecule has 0 aromatic heterocycles. The monoisotopic (exact) mass is 392 g/mol. The van der Waals surface area contributed by atoms with Crippen LogP contribution in [0.5, 0.6) is 0 Å². The predicted octanol–water partition coefficient (Wildman–Crippen LogP) is 4.46. The van der Waals surface area contributed by atoms with Gasteiger partial charge in [0.25, 0.3) is 0 Å². The molecule has 0 amide bonds. The second-order valence-electron chi connectivity index (χ2n) is 11.1. The standard InChI is InChI=1S/C24H40O4/c1-3-21(11-25-12-21)15-27-17-23-9-7-19(10-23)20-6-5-8-24(20,23)18-28-16-22(4-2)13-26-14-22/h19-20H,3-18H2,1-2H3. The van der Waals surface area contributed by atoms with E-state index in [1.807, 2.05) is 0 Å². The highest BCUT2D eigenvalue weighted by molar-refractivity contribution is 5.16. The quantitative estimate of drug-likeness (QED) is 0.550. The Morgan fingerprint density at radius 3 is 2.00 bits per heavy atom. The van der Waals surface area contributed by atoms with Crippen molar-refractivity contribution in [3.63, 3.8) is 0 Å². The van der Waals surface area contributed by atoms with Crippen molar-refractivity contribution in [2.24, 2.45) is 33.5 Å². The van der Waals surface area contributed by atoms with E-state index in [1.165, 1.54) is 51.4 Å². The molecule has 0 N–H and O–H groups in total. The SMILES string of the molecule is CCC1(COCC23CCC(C2)C2CCCC23COCC2(CC)COC2)COC1. The van der Waals surface area contributed by atoms with Crippen molar-refractivity contribution in [2.75, 3.05) is 52.9 Å². The largest absolute Gasteiger partial charge is 0.380 e. The Kier molecular flexibility index (Phi) is 5.10. The van der Waals surface area contributed by atoms with E-state index in [9.17, 15) is 0 Å². The molecule has 4 unspecified atom stereocenters. The molecule has 5 fully saturated rings. The van der Waals surface area contributed by atoms with Gasteiger partial charge in [-0.25, -0.2) is 0 Å². The smallest absolute Gasteiger partial charge is 0.0566 e. The van der Waals surface area contributed by atoms with Gasteiger partial charge in [0.15, 0.2) is 0 Å². The first-order valence-corrected chi connectivity index (χ1v) is 11.9. The molecular weight excluding hydrogens is 352 g/mol. The van der Waals surface area contributed by atoms with Gasteiger partial charge < -0.3 is 18.9 Å². The van der Waals surface area contributed by atoms with Gasteiger partial charge in [-0.05, 0) is 56.8 Å². The molecule has 0 spiro atoms. The van der Waals surface area contributed by atoms with Crippen molar-refractivity contribution in [1.29, 1.82) is 0 Å². The van der Waals surface area contributed by atoms with Gasteiger partial charge in [-0.15, -0.1) is 0 Å². The lowest BCUT2D eigenvalue weighted by Crippen LogP contribution is -2.51. The van der Waals surface area contributed by atoms with Gasteiger partial charge in [0.2, 0.25) is 0 Å². The fraction of sp³-hybridized carbons (Fsp3) is 1.00. The van der Waals surface area contributed by atoms with E-state index in [4.69, 9.17) is 18.9 Å². The molecule has 5 rings (SSSR count). The van der Waals surface area contributed by atoms with Crippen LogP contribution in [0, 0.1) is 33.5 Å². The summed E-state index contributed by atoms with van der Waals surface area (Å²) in [5, 5.41) is 0. The molecule has 4 nitrogen and oxygen atoms in total. The number of hydrogen-bond donors (Lipinski definition) is 0. The third-order valence-electron chi connectivity index (χ3n) is 9.81. The first-order chi connectivity index (χ1) is 13.6. The average Bonchev–Trinajstić information content (AvgIpc) is 3.31. The van der Waals surface area contributed by atoms with Crippen LogP contribution in [0.25, 0.3) is 0 Å². The van der Waals surface area contributed by atoms with E-state index in [1.54, 1.807) is 0 Å². The van der Waals surface area contributed by atoms with Crippen LogP contribution in [0.3, 0.4) is 0 Å². The van der Waals surface area contributed by atoms with Crippen LogP contribution in [0.15, 0.2) is 0 Å². The summed E-state index contributed by atoms with van der Waals surface area (Å²) in [6.45, 7) is 11.8. The molecule has 28 heavy (non-hydrogen) atoms. The maximum Gasteiger partial charge on any atom is 0.0566 e. The molecule has 2 aliphatic heterocycles.